The van der Waals surface area contributed by atoms with Gasteiger partial charge in [0.15, 0.2) is 0 Å². The molecular formula is C21H22N2O3S. The fraction of sp³-hybridized carbons (Fsp3) is 0.238. The third-order valence-corrected chi connectivity index (χ3v) is 5.29. The van der Waals surface area contributed by atoms with Crippen molar-refractivity contribution >= 4 is 40.5 Å². The minimum atomic E-state index is -0.321. The maximum absolute atomic E-state index is 13.3. The first-order valence-electron chi connectivity index (χ1n) is 8.66. The van der Waals surface area contributed by atoms with Crippen molar-refractivity contribution in [1.82, 2.24) is 0 Å². The zero-order chi connectivity index (χ0) is 19.6. The lowest BCUT2D eigenvalue weighted by Gasteiger charge is -2.18. The van der Waals surface area contributed by atoms with Crippen molar-refractivity contribution in [2.75, 3.05) is 36.8 Å². The quantitative estimate of drug-likeness (QED) is 0.712. The highest BCUT2D eigenvalue weighted by Crippen LogP contribution is 2.41. The summed E-state index contributed by atoms with van der Waals surface area (Å²) in [5.74, 6) is 0.663. The molecule has 0 radical (unpaired) electrons. The minimum absolute atomic E-state index is 0.287. The Morgan fingerprint density at radius 3 is 2.26 bits per heavy atom. The van der Waals surface area contributed by atoms with Gasteiger partial charge >= 0.3 is 0 Å². The van der Waals surface area contributed by atoms with E-state index in [1.54, 1.807) is 25.3 Å². The Bertz CT molecular complexity index is 904. The molecule has 0 unspecified atom stereocenters. The van der Waals surface area contributed by atoms with Gasteiger partial charge in [-0.25, -0.2) is 4.90 Å². The number of thioether (sulfide) groups is 1. The molecule has 140 valence electrons. The lowest BCUT2D eigenvalue weighted by molar-refractivity contribution is -0.119. The van der Waals surface area contributed by atoms with Gasteiger partial charge in [0, 0.05) is 25.3 Å². The smallest absolute Gasteiger partial charge is 0.272 e. The average molecular weight is 382 g/mol. The van der Waals surface area contributed by atoms with Crippen LogP contribution in [-0.2, 0) is 9.59 Å². The van der Waals surface area contributed by atoms with Gasteiger partial charge in [-0.1, -0.05) is 25.1 Å². The fourth-order valence-corrected chi connectivity index (χ4v) is 3.86. The number of carbonyl (C=O) groups is 2. The molecule has 3 rings (SSSR count). The van der Waals surface area contributed by atoms with Gasteiger partial charge in [0.25, 0.3) is 11.8 Å². The van der Waals surface area contributed by atoms with Crippen LogP contribution < -0.4 is 14.5 Å². The zero-order valence-electron chi connectivity index (χ0n) is 15.9. The number of carbonyl (C=O) groups excluding carboxylic acids is 2. The second kappa shape index (κ2) is 7.88. The molecule has 1 aliphatic heterocycles. The van der Waals surface area contributed by atoms with E-state index in [0.717, 1.165) is 5.69 Å². The Labute approximate surface area is 163 Å². The third-order valence-electron chi connectivity index (χ3n) is 4.33. The SMILES string of the molecule is CCSC1=C(c2ccccc2OC)C(=O)N(c2ccc(N(C)C)cc2)C1=O. The van der Waals surface area contributed by atoms with Gasteiger partial charge < -0.3 is 9.64 Å². The van der Waals surface area contributed by atoms with Crippen LogP contribution >= 0.6 is 11.8 Å². The number of hydrogen-bond acceptors (Lipinski definition) is 5. The van der Waals surface area contributed by atoms with E-state index in [2.05, 4.69) is 0 Å². The molecule has 1 aliphatic rings. The van der Waals surface area contributed by atoms with Crippen LogP contribution in [0, 0.1) is 0 Å². The molecule has 2 amide bonds. The third kappa shape index (κ3) is 3.45. The number of rotatable bonds is 6. The number of para-hydroxylation sites is 1. The standard InChI is InChI=1S/C21H22N2O3S/c1-5-27-19-18(16-8-6-7-9-17(16)26-4)20(24)23(21(19)25)15-12-10-14(11-13-15)22(2)3/h6-13H,5H2,1-4H3. The summed E-state index contributed by atoms with van der Waals surface area (Å²) >= 11 is 1.38. The Morgan fingerprint density at radius 1 is 1.00 bits per heavy atom. The van der Waals surface area contributed by atoms with Crippen LogP contribution in [0.4, 0.5) is 11.4 Å². The number of ether oxygens (including phenoxy) is 1. The number of hydrogen-bond donors (Lipinski definition) is 0. The molecule has 1 heterocycles. The van der Waals surface area contributed by atoms with E-state index >= 15 is 0 Å². The van der Waals surface area contributed by atoms with E-state index in [-0.39, 0.29) is 11.8 Å². The Kier molecular flexibility index (Phi) is 5.56. The summed E-state index contributed by atoms with van der Waals surface area (Å²) in [5, 5.41) is 0. The van der Waals surface area contributed by atoms with Crippen molar-refractivity contribution in [3.8, 4) is 5.75 Å². The van der Waals surface area contributed by atoms with Gasteiger partial charge in [-0.05, 0) is 36.1 Å². The monoisotopic (exact) mass is 382 g/mol. The Hall–Kier alpha value is -2.73. The van der Waals surface area contributed by atoms with E-state index in [9.17, 15) is 9.59 Å². The molecule has 0 spiro atoms. The summed E-state index contributed by atoms with van der Waals surface area (Å²) in [6, 6.07) is 14.7. The van der Waals surface area contributed by atoms with Crippen LogP contribution in [0.1, 0.15) is 12.5 Å². The van der Waals surface area contributed by atoms with Gasteiger partial charge in [-0.2, -0.15) is 0 Å². The van der Waals surface area contributed by atoms with Crippen LogP contribution in [-0.4, -0.2) is 38.8 Å². The van der Waals surface area contributed by atoms with Gasteiger partial charge in [-0.15, -0.1) is 11.8 Å². The van der Waals surface area contributed by atoms with Crippen molar-refractivity contribution in [3.63, 3.8) is 0 Å². The van der Waals surface area contributed by atoms with Crippen LogP contribution in [0.3, 0.4) is 0 Å². The minimum Gasteiger partial charge on any atom is -0.496 e. The fourth-order valence-electron chi connectivity index (χ4n) is 3.01. The number of benzene rings is 2. The van der Waals surface area contributed by atoms with E-state index in [1.807, 2.05) is 56.3 Å². The van der Waals surface area contributed by atoms with Gasteiger partial charge in [0.1, 0.15) is 5.75 Å². The predicted octanol–water partition coefficient (Wildman–Crippen LogP) is 3.80. The Balaban J connectivity index is 2.07. The first-order chi connectivity index (χ1) is 13.0. The van der Waals surface area contributed by atoms with Crippen molar-refractivity contribution in [2.24, 2.45) is 0 Å². The summed E-state index contributed by atoms with van der Waals surface area (Å²) in [4.78, 5) is 30.0. The highest BCUT2D eigenvalue weighted by molar-refractivity contribution is 8.04. The lowest BCUT2D eigenvalue weighted by Crippen LogP contribution is -2.31. The molecule has 0 bridgehead atoms. The largest absolute Gasteiger partial charge is 0.496 e. The second-order valence-electron chi connectivity index (χ2n) is 6.19. The molecule has 0 saturated heterocycles. The highest BCUT2D eigenvalue weighted by atomic mass is 32.2. The first-order valence-corrected chi connectivity index (χ1v) is 9.64. The zero-order valence-corrected chi connectivity index (χ0v) is 16.7. The highest BCUT2D eigenvalue weighted by Gasteiger charge is 2.40. The van der Waals surface area contributed by atoms with Crippen molar-refractivity contribution < 1.29 is 14.3 Å². The second-order valence-corrected chi connectivity index (χ2v) is 7.47. The van der Waals surface area contributed by atoms with Crippen molar-refractivity contribution in [2.45, 2.75) is 6.92 Å². The predicted molar refractivity (Wildman–Crippen MR) is 111 cm³/mol. The summed E-state index contributed by atoms with van der Waals surface area (Å²) in [6.07, 6.45) is 0. The van der Waals surface area contributed by atoms with Crippen LogP contribution in [0.25, 0.3) is 5.57 Å². The molecule has 2 aromatic carbocycles. The van der Waals surface area contributed by atoms with Crippen LogP contribution in [0.2, 0.25) is 0 Å². The molecule has 0 aromatic heterocycles. The molecule has 0 saturated carbocycles. The van der Waals surface area contributed by atoms with Crippen molar-refractivity contribution in [3.05, 3.63) is 59.0 Å². The summed E-state index contributed by atoms with van der Waals surface area (Å²) in [5.41, 5.74) is 2.61. The molecule has 0 fully saturated rings. The first kappa shape index (κ1) is 19.0. The maximum atomic E-state index is 13.3. The number of nitrogens with zero attached hydrogens (tertiary/aromatic N) is 2. The summed E-state index contributed by atoms with van der Waals surface area (Å²) in [6.45, 7) is 1.96. The molecule has 2 aromatic rings. The molecule has 0 N–H and O–H groups in total. The van der Waals surface area contributed by atoms with E-state index in [4.69, 9.17) is 4.74 Å². The molecule has 0 atom stereocenters. The molecule has 6 heteroatoms. The van der Waals surface area contributed by atoms with E-state index in [0.29, 0.717) is 33.2 Å². The van der Waals surface area contributed by atoms with Crippen molar-refractivity contribution in [1.29, 1.82) is 0 Å². The number of imide groups is 1. The molecule has 27 heavy (non-hydrogen) atoms. The van der Waals surface area contributed by atoms with E-state index < -0.39 is 0 Å². The normalized spacial score (nSPS) is 14.1. The van der Waals surface area contributed by atoms with Gasteiger partial charge in [-0.3, -0.25) is 9.59 Å². The molecule has 5 nitrogen and oxygen atoms in total. The lowest BCUT2D eigenvalue weighted by atomic mass is 10.0. The van der Waals surface area contributed by atoms with Crippen LogP contribution in [0.5, 0.6) is 5.75 Å². The number of anilines is 2. The summed E-state index contributed by atoms with van der Waals surface area (Å²) < 4.78 is 5.42. The van der Waals surface area contributed by atoms with Crippen LogP contribution in [0.15, 0.2) is 53.4 Å². The topological polar surface area (TPSA) is 49.9 Å². The number of methoxy groups -OCH3 is 1. The summed E-state index contributed by atoms with van der Waals surface area (Å²) in [7, 11) is 5.45. The number of amides is 2. The van der Waals surface area contributed by atoms with Gasteiger partial charge in [0.05, 0.1) is 23.3 Å². The molecule has 0 aliphatic carbocycles. The van der Waals surface area contributed by atoms with Gasteiger partial charge in [0.2, 0.25) is 0 Å². The van der Waals surface area contributed by atoms with E-state index in [1.165, 1.54) is 16.7 Å². The Morgan fingerprint density at radius 2 is 1.67 bits per heavy atom. The molecular weight excluding hydrogens is 360 g/mol. The average Bonchev–Trinajstić information content (AvgIpc) is 2.92. The maximum Gasteiger partial charge on any atom is 0.272 e.